The number of aliphatic carboxylic acids is 1. The van der Waals surface area contributed by atoms with Gasteiger partial charge in [-0.15, -0.1) is 0 Å². The standard InChI is InChI=1S/C13H17N3O5/c1-21-11-6-5-10(16(19)20)12(15-11)14-7-8-3-2-4-9(8)13(17)18/h5-6,8-9H,2-4,7H2,1H3,(H,14,15)(H,17,18). The minimum absolute atomic E-state index is 0.0462. The van der Waals surface area contributed by atoms with Crippen LogP contribution in [0.3, 0.4) is 0 Å². The highest BCUT2D eigenvalue weighted by atomic mass is 16.6. The fourth-order valence-corrected chi connectivity index (χ4v) is 2.66. The number of aromatic nitrogens is 1. The summed E-state index contributed by atoms with van der Waals surface area (Å²) in [6, 6.07) is 2.73. The lowest BCUT2D eigenvalue weighted by atomic mass is 9.96. The molecule has 0 amide bonds. The lowest BCUT2D eigenvalue weighted by Gasteiger charge is -2.16. The summed E-state index contributed by atoms with van der Waals surface area (Å²) in [5.41, 5.74) is -0.152. The van der Waals surface area contributed by atoms with Gasteiger partial charge in [-0.05, 0) is 18.8 Å². The van der Waals surface area contributed by atoms with Crippen LogP contribution < -0.4 is 10.1 Å². The highest BCUT2D eigenvalue weighted by Gasteiger charge is 2.33. The number of pyridine rings is 1. The minimum Gasteiger partial charge on any atom is -0.481 e. The van der Waals surface area contributed by atoms with Crippen LogP contribution in [0.15, 0.2) is 12.1 Å². The molecule has 1 saturated carbocycles. The third kappa shape index (κ3) is 3.39. The Bertz CT molecular complexity index is 549. The molecule has 1 aromatic heterocycles. The number of carboxylic acid groups (broad SMARTS) is 1. The number of hydrogen-bond acceptors (Lipinski definition) is 6. The Balaban J connectivity index is 2.11. The number of carbonyl (C=O) groups is 1. The molecule has 8 nitrogen and oxygen atoms in total. The molecule has 1 aliphatic carbocycles. The van der Waals surface area contributed by atoms with Crippen LogP contribution in [0, 0.1) is 22.0 Å². The van der Waals surface area contributed by atoms with E-state index in [1.807, 2.05) is 0 Å². The highest BCUT2D eigenvalue weighted by Crippen LogP contribution is 2.33. The minimum atomic E-state index is -0.813. The van der Waals surface area contributed by atoms with Gasteiger partial charge in [0.1, 0.15) is 0 Å². The van der Waals surface area contributed by atoms with E-state index in [2.05, 4.69) is 10.3 Å². The van der Waals surface area contributed by atoms with E-state index >= 15 is 0 Å². The Morgan fingerprint density at radius 3 is 2.95 bits per heavy atom. The Kier molecular flexibility index (Phi) is 4.56. The SMILES string of the molecule is COc1ccc([N+](=O)[O-])c(NCC2CCCC2C(=O)O)n1. The molecular weight excluding hydrogens is 278 g/mol. The number of methoxy groups -OCH3 is 1. The highest BCUT2D eigenvalue weighted by molar-refractivity contribution is 5.71. The van der Waals surface area contributed by atoms with Crippen LogP contribution in [-0.2, 0) is 4.79 Å². The fraction of sp³-hybridized carbons (Fsp3) is 0.538. The second-order valence-electron chi connectivity index (χ2n) is 5.00. The lowest BCUT2D eigenvalue weighted by Crippen LogP contribution is -2.25. The molecule has 0 saturated heterocycles. The van der Waals surface area contributed by atoms with Gasteiger partial charge in [0, 0.05) is 18.7 Å². The van der Waals surface area contributed by atoms with Crippen LogP contribution >= 0.6 is 0 Å². The van der Waals surface area contributed by atoms with Gasteiger partial charge in [-0.3, -0.25) is 14.9 Å². The van der Waals surface area contributed by atoms with Gasteiger partial charge in [0.15, 0.2) is 0 Å². The van der Waals surface area contributed by atoms with Crippen molar-refractivity contribution < 1.29 is 19.6 Å². The molecule has 0 bridgehead atoms. The lowest BCUT2D eigenvalue weighted by molar-refractivity contribution is -0.384. The molecule has 1 fully saturated rings. The number of carboxylic acids is 1. The Hall–Kier alpha value is -2.38. The maximum absolute atomic E-state index is 11.1. The van der Waals surface area contributed by atoms with Crippen molar-refractivity contribution in [1.29, 1.82) is 0 Å². The second kappa shape index (κ2) is 6.38. The number of ether oxygens (including phenoxy) is 1. The van der Waals surface area contributed by atoms with E-state index in [-0.39, 0.29) is 23.3 Å². The molecule has 2 atom stereocenters. The Morgan fingerprint density at radius 2 is 2.33 bits per heavy atom. The molecule has 0 aromatic carbocycles. The molecule has 114 valence electrons. The zero-order valence-electron chi connectivity index (χ0n) is 11.6. The van der Waals surface area contributed by atoms with Crippen molar-refractivity contribution in [3.63, 3.8) is 0 Å². The molecule has 0 spiro atoms. The summed E-state index contributed by atoms with van der Waals surface area (Å²) in [5.74, 6) is -0.885. The molecule has 0 aliphatic heterocycles. The molecule has 1 heterocycles. The second-order valence-corrected chi connectivity index (χ2v) is 5.00. The van der Waals surface area contributed by atoms with Crippen LogP contribution in [0.5, 0.6) is 5.88 Å². The van der Waals surface area contributed by atoms with Crippen molar-refractivity contribution in [2.45, 2.75) is 19.3 Å². The maximum Gasteiger partial charge on any atom is 0.311 e. The Morgan fingerprint density at radius 1 is 1.57 bits per heavy atom. The van der Waals surface area contributed by atoms with Crippen molar-refractivity contribution in [2.75, 3.05) is 19.0 Å². The van der Waals surface area contributed by atoms with Crippen LogP contribution in [0.4, 0.5) is 11.5 Å². The predicted molar refractivity (Wildman–Crippen MR) is 74.4 cm³/mol. The molecule has 21 heavy (non-hydrogen) atoms. The van der Waals surface area contributed by atoms with Crippen LogP contribution in [0.25, 0.3) is 0 Å². The zero-order valence-corrected chi connectivity index (χ0v) is 11.6. The molecule has 0 radical (unpaired) electrons. The summed E-state index contributed by atoms with van der Waals surface area (Å²) in [5, 5.41) is 23.0. The van der Waals surface area contributed by atoms with Gasteiger partial charge in [-0.2, -0.15) is 4.98 Å². The molecule has 1 aliphatic rings. The number of hydrogen-bond donors (Lipinski definition) is 2. The van der Waals surface area contributed by atoms with Gasteiger partial charge in [0.2, 0.25) is 11.7 Å². The summed E-state index contributed by atoms with van der Waals surface area (Å²) in [6.07, 6.45) is 2.30. The Labute approximate surface area is 121 Å². The van der Waals surface area contributed by atoms with E-state index in [0.717, 1.165) is 12.8 Å². The first-order valence-corrected chi connectivity index (χ1v) is 6.69. The van der Waals surface area contributed by atoms with Gasteiger partial charge >= 0.3 is 11.7 Å². The van der Waals surface area contributed by atoms with Crippen molar-refractivity contribution in [3.05, 3.63) is 22.2 Å². The first-order valence-electron chi connectivity index (χ1n) is 6.69. The van der Waals surface area contributed by atoms with Crippen molar-refractivity contribution in [1.82, 2.24) is 4.98 Å². The molecule has 1 aromatic rings. The summed E-state index contributed by atoms with van der Waals surface area (Å²) in [6.45, 7) is 0.345. The van der Waals surface area contributed by atoms with E-state index in [1.165, 1.54) is 19.2 Å². The first kappa shape index (κ1) is 15.0. The third-order valence-electron chi connectivity index (χ3n) is 3.76. The molecule has 2 rings (SSSR count). The molecule has 2 N–H and O–H groups in total. The topological polar surface area (TPSA) is 115 Å². The summed E-state index contributed by atoms with van der Waals surface area (Å²) >= 11 is 0. The quantitative estimate of drug-likeness (QED) is 0.608. The van der Waals surface area contributed by atoms with Crippen LogP contribution in [0.2, 0.25) is 0 Å². The average molecular weight is 295 g/mol. The number of anilines is 1. The first-order chi connectivity index (χ1) is 10.0. The molecular formula is C13H17N3O5. The van der Waals surface area contributed by atoms with Gasteiger partial charge in [-0.1, -0.05) is 6.42 Å². The van der Waals surface area contributed by atoms with Gasteiger partial charge < -0.3 is 15.2 Å². The number of nitrogens with zero attached hydrogens (tertiary/aromatic N) is 2. The van der Waals surface area contributed by atoms with E-state index in [4.69, 9.17) is 9.84 Å². The summed E-state index contributed by atoms with van der Waals surface area (Å²) in [7, 11) is 1.43. The molecule has 8 heteroatoms. The van der Waals surface area contributed by atoms with Crippen molar-refractivity contribution >= 4 is 17.5 Å². The van der Waals surface area contributed by atoms with Crippen LogP contribution in [0.1, 0.15) is 19.3 Å². The van der Waals surface area contributed by atoms with E-state index < -0.39 is 16.8 Å². The van der Waals surface area contributed by atoms with E-state index in [9.17, 15) is 14.9 Å². The van der Waals surface area contributed by atoms with Gasteiger partial charge in [0.25, 0.3) is 0 Å². The number of nitrogens with one attached hydrogen (secondary N) is 1. The number of nitro groups is 1. The predicted octanol–water partition coefficient (Wildman–Crippen LogP) is 1.91. The normalized spacial score (nSPS) is 21.0. The van der Waals surface area contributed by atoms with Crippen molar-refractivity contribution in [3.8, 4) is 5.88 Å². The van der Waals surface area contributed by atoms with Gasteiger partial charge in [0.05, 0.1) is 18.0 Å². The van der Waals surface area contributed by atoms with E-state index in [1.54, 1.807) is 0 Å². The van der Waals surface area contributed by atoms with Gasteiger partial charge in [-0.25, -0.2) is 0 Å². The molecule has 2 unspecified atom stereocenters. The number of rotatable bonds is 6. The average Bonchev–Trinajstić information content (AvgIpc) is 2.93. The summed E-state index contributed by atoms with van der Waals surface area (Å²) in [4.78, 5) is 25.6. The van der Waals surface area contributed by atoms with Crippen LogP contribution in [-0.4, -0.2) is 34.6 Å². The zero-order chi connectivity index (χ0) is 15.4. The fourth-order valence-electron chi connectivity index (χ4n) is 2.66. The van der Waals surface area contributed by atoms with Crippen molar-refractivity contribution in [2.24, 2.45) is 11.8 Å². The summed E-state index contributed by atoms with van der Waals surface area (Å²) < 4.78 is 4.95. The third-order valence-corrected chi connectivity index (χ3v) is 3.76. The monoisotopic (exact) mass is 295 g/mol. The largest absolute Gasteiger partial charge is 0.481 e. The smallest absolute Gasteiger partial charge is 0.311 e. The van der Waals surface area contributed by atoms with E-state index in [0.29, 0.717) is 13.0 Å². The maximum atomic E-state index is 11.1.